The highest BCUT2D eigenvalue weighted by Crippen LogP contribution is 2.30. The molecule has 23 heavy (non-hydrogen) atoms. The first kappa shape index (κ1) is 15.4. The number of ether oxygens (including phenoxy) is 1. The van der Waals surface area contributed by atoms with Crippen LogP contribution >= 0.6 is 11.6 Å². The van der Waals surface area contributed by atoms with Crippen molar-refractivity contribution >= 4 is 34.9 Å². The van der Waals surface area contributed by atoms with E-state index in [9.17, 15) is 9.59 Å². The predicted octanol–water partition coefficient (Wildman–Crippen LogP) is 2.38. The van der Waals surface area contributed by atoms with Crippen LogP contribution in [0, 0.1) is 6.92 Å². The van der Waals surface area contributed by atoms with Gasteiger partial charge in [0.15, 0.2) is 0 Å². The van der Waals surface area contributed by atoms with Crippen molar-refractivity contribution in [1.82, 2.24) is 9.78 Å². The zero-order valence-electron chi connectivity index (χ0n) is 12.6. The first-order valence-corrected chi connectivity index (χ1v) is 7.36. The lowest BCUT2D eigenvalue weighted by atomic mass is 10.1. The summed E-state index contributed by atoms with van der Waals surface area (Å²) in [5.41, 5.74) is 1.15. The fourth-order valence-electron chi connectivity index (χ4n) is 2.45. The number of anilines is 2. The number of nitrogens with zero attached hydrogens (tertiary/aromatic N) is 2. The minimum absolute atomic E-state index is 0.0154. The maximum atomic E-state index is 12.6. The molecular formula is C15H15ClN4O3. The number of halogens is 1. The van der Waals surface area contributed by atoms with Crippen LogP contribution in [0.3, 0.4) is 0 Å². The Kier molecular flexibility index (Phi) is 3.96. The summed E-state index contributed by atoms with van der Waals surface area (Å²) in [5, 5.41) is 10.1. The van der Waals surface area contributed by atoms with Gasteiger partial charge in [-0.25, -0.2) is 4.68 Å². The molecule has 0 bridgehead atoms. The lowest BCUT2D eigenvalue weighted by molar-refractivity contribution is -0.125. The van der Waals surface area contributed by atoms with Crippen LogP contribution in [-0.2, 0) is 9.59 Å². The average Bonchev–Trinajstić information content (AvgIpc) is 2.88. The van der Waals surface area contributed by atoms with Crippen LogP contribution in [0.25, 0.3) is 0 Å². The molecule has 1 aliphatic rings. The van der Waals surface area contributed by atoms with Crippen LogP contribution < -0.4 is 15.4 Å². The van der Waals surface area contributed by atoms with Gasteiger partial charge in [0.05, 0.1) is 29.9 Å². The molecule has 3 rings (SSSR count). The molecule has 1 aromatic heterocycles. The Morgan fingerprint density at radius 2 is 2.26 bits per heavy atom. The number of aryl methyl sites for hydroxylation is 1. The number of methoxy groups -OCH3 is 1. The number of carbonyl (C=O) groups excluding carboxylic acids is 2. The number of carbonyl (C=O) groups is 2. The number of amides is 2. The van der Waals surface area contributed by atoms with Crippen molar-refractivity contribution in [2.24, 2.45) is 0 Å². The van der Waals surface area contributed by atoms with Gasteiger partial charge in [0.2, 0.25) is 11.8 Å². The van der Waals surface area contributed by atoms with Gasteiger partial charge in [0, 0.05) is 12.1 Å². The Balaban J connectivity index is 1.88. The van der Waals surface area contributed by atoms with E-state index in [1.54, 1.807) is 31.2 Å². The number of fused-ring (bicyclic) bond motifs is 1. The minimum Gasteiger partial charge on any atom is -0.497 e. The molecule has 1 aliphatic heterocycles. The molecule has 2 heterocycles. The zero-order valence-corrected chi connectivity index (χ0v) is 13.3. The van der Waals surface area contributed by atoms with Gasteiger partial charge in [-0.3, -0.25) is 9.59 Å². The molecule has 0 aliphatic carbocycles. The van der Waals surface area contributed by atoms with E-state index in [-0.39, 0.29) is 18.2 Å². The van der Waals surface area contributed by atoms with E-state index >= 15 is 0 Å². The molecule has 2 amide bonds. The highest BCUT2D eigenvalue weighted by Gasteiger charge is 2.31. The number of aromatic nitrogens is 2. The molecule has 8 heteroatoms. The van der Waals surface area contributed by atoms with Crippen LogP contribution in [0.5, 0.6) is 5.75 Å². The van der Waals surface area contributed by atoms with Gasteiger partial charge < -0.3 is 15.4 Å². The standard InChI is InChI=1S/C15H15ClN4O3/c1-8-5-13-18-14(21)7-12(20(13)19-8)15(22)17-11-6-9(23-2)3-4-10(11)16/h3-6,12H,7H2,1-2H3,(H,17,22)(H,18,21). The predicted molar refractivity (Wildman–Crippen MR) is 85.9 cm³/mol. The molecule has 0 saturated carbocycles. The molecular weight excluding hydrogens is 320 g/mol. The third kappa shape index (κ3) is 3.00. The first-order chi connectivity index (χ1) is 11.0. The molecule has 0 saturated heterocycles. The molecule has 120 valence electrons. The number of benzene rings is 1. The molecule has 2 aromatic rings. The van der Waals surface area contributed by atoms with Crippen LogP contribution in [0.4, 0.5) is 11.5 Å². The second-order valence-electron chi connectivity index (χ2n) is 5.22. The van der Waals surface area contributed by atoms with Crippen LogP contribution in [0.1, 0.15) is 18.2 Å². The summed E-state index contributed by atoms with van der Waals surface area (Å²) in [7, 11) is 1.53. The largest absolute Gasteiger partial charge is 0.497 e. The summed E-state index contributed by atoms with van der Waals surface area (Å²) in [4.78, 5) is 24.4. The molecule has 1 atom stereocenters. The quantitative estimate of drug-likeness (QED) is 0.902. The van der Waals surface area contributed by atoms with Gasteiger partial charge in [-0.2, -0.15) is 5.10 Å². The summed E-state index contributed by atoms with van der Waals surface area (Å²) >= 11 is 6.10. The van der Waals surface area contributed by atoms with Crippen molar-refractivity contribution < 1.29 is 14.3 Å². The Bertz CT molecular complexity index is 787. The Morgan fingerprint density at radius 3 is 3.00 bits per heavy atom. The van der Waals surface area contributed by atoms with E-state index in [0.717, 1.165) is 5.69 Å². The van der Waals surface area contributed by atoms with E-state index in [4.69, 9.17) is 16.3 Å². The summed E-state index contributed by atoms with van der Waals surface area (Å²) in [5.74, 6) is 0.492. The molecule has 1 aromatic carbocycles. The van der Waals surface area contributed by atoms with E-state index in [0.29, 0.717) is 22.3 Å². The Morgan fingerprint density at radius 1 is 1.48 bits per heavy atom. The van der Waals surface area contributed by atoms with Crippen molar-refractivity contribution in [3.8, 4) is 5.75 Å². The van der Waals surface area contributed by atoms with Crippen molar-refractivity contribution in [2.75, 3.05) is 17.7 Å². The van der Waals surface area contributed by atoms with E-state index in [1.807, 2.05) is 0 Å². The highest BCUT2D eigenvalue weighted by molar-refractivity contribution is 6.33. The SMILES string of the molecule is COc1ccc(Cl)c(NC(=O)C2CC(=O)Nc3cc(C)nn32)c1. The second-order valence-corrected chi connectivity index (χ2v) is 5.63. The second kappa shape index (κ2) is 5.92. The monoisotopic (exact) mass is 334 g/mol. The molecule has 7 nitrogen and oxygen atoms in total. The number of rotatable bonds is 3. The molecule has 0 spiro atoms. The van der Waals surface area contributed by atoms with Crippen LogP contribution in [0.15, 0.2) is 24.3 Å². The highest BCUT2D eigenvalue weighted by atomic mass is 35.5. The van der Waals surface area contributed by atoms with Gasteiger partial charge >= 0.3 is 0 Å². The van der Waals surface area contributed by atoms with Gasteiger partial charge in [-0.15, -0.1) is 0 Å². The summed E-state index contributed by atoms with van der Waals surface area (Å²) in [6.45, 7) is 1.80. The first-order valence-electron chi connectivity index (χ1n) is 6.98. The number of nitrogens with one attached hydrogen (secondary N) is 2. The van der Waals surface area contributed by atoms with Crippen molar-refractivity contribution in [3.63, 3.8) is 0 Å². The lowest BCUT2D eigenvalue weighted by Gasteiger charge is -2.24. The minimum atomic E-state index is -0.727. The third-order valence-electron chi connectivity index (χ3n) is 3.53. The van der Waals surface area contributed by atoms with Crippen molar-refractivity contribution in [1.29, 1.82) is 0 Å². The van der Waals surface area contributed by atoms with Gasteiger partial charge in [0.1, 0.15) is 17.6 Å². The van der Waals surface area contributed by atoms with Crippen molar-refractivity contribution in [2.45, 2.75) is 19.4 Å². The van der Waals surface area contributed by atoms with E-state index in [2.05, 4.69) is 15.7 Å². The number of hydrogen-bond acceptors (Lipinski definition) is 4. The molecule has 0 radical (unpaired) electrons. The summed E-state index contributed by atoms with van der Waals surface area (Å²) < 4.78 is 6.64. The maximum absolute atomic E-state index is 12.6. The smallest absolute Gasteiger partial charge is 0.249 e. The fourth-order valence-corrected chi connectivity index (χ4v) is 2.62. The topological polar surface area (TPSA) is 85.2 Å². The molecule has 1 unspecified atom stereocenters. The maximum Gasteiger partial charge on any atom is 0.249 e. The number of hydrogen-bond donors (Lipinski definition) is 2. The normalized spacial score (nSPS) is 16.5. The van der Waals surface area contributed by atoms with Gasteiger partial charge in [-0.1, -0.05) is 11.6 Å². The van der Waals surface area contributed by atoms with E-state index < -0.39 is 6.04 Å². The average molecular weight is 335 g/mol. The molecule has 2 N–H and O–H groups in total. The van der Waals surface area contributed by atoms with Gasteiger partial charge in [-0.05, 0) is 19.1 Å². The van der Waals surface area contributed by atoms with E-state index in [1.165, 1.54) is 11.8 Å². The van der Waals surface area contributed by atoms with Crippen LogP contribution in [-0.4, -0.2) is 28.7 Å². The van der Waals surface area contributed by atoms with Gasteiger partial charge in [0.25, 0.3) is 0 Å². The van der Waals surface area contributed by atoms with Crippen molar-refractivity contribution in [3.05, 3.63) is 35.0 Å². The summed E-state index contributed by atoms with van der Waals surface area (Å²) in [6, 6.07) is 5.94. The lowest BCUT2D eigenvalue weighted by Crippen LogP contribution is -2.35. The fraction of sp³-hybridized carbons (Fsp3) is 0.267. The molecule has 0 fully saturated rings. The summed E-state index contributed by atoms with van der Waals surface area (Å²) in [6.07, 6.45) is 0.0154. The Hall–Kier alpha value is -2.54. The third-order valence-corrected chi connectivity index (χ3v) is 3.86. The van der Waals surface area contributed by atoms with Crippen LogP contribution in [0.2, 0.25) is 5.02 Å². The zero-order chi connectivity index (χ0) is 16.6. The Labute approximate surface area is 137 Å².